The number of hydrogen-bond acceptors (Lipinski definition) is 6. The van der Waals surface area contributed by atoms with Gasteiger partial charge in [-0.15, -0.1) is 0 Å². The molecule has 1 heterocycles. The summed E-state index contributed by atoms with van der Waals surface area (Å²) in [5, 5.41) is 12.3. The van der Waals surface area contributed by atoms with E-state index >= 15 is 0 Å². The molecule has 0 aromatic rings. The van der Waals surface area contributed by atoms with Gasteiger partial charge in [0.1, 0.15) is 25.4 Å². The third kappa shape index (κ3) is 16.6. The van der Waals surface area contributed by atoms with Crippen LogP contribution in [0.25, 0.3) is 0 Å². The fraction of sp³-hybridized carbons (Fsp3) is 0.885. The molecule has 1 fully saturated rings. The molecule has 33 heavy (non-hydrogen) atoms. The predicted molar refractivity (Wildman–Crippen MR) is 129 cm³/mol. The lowest BCUT2D eigenvalue weighted by Crippen LogP contribution is -2.36. The average Bonchev–Trinajstić information content (AvgIpc) is 3.25. The Labute approximate surface area is 200 Å². The number of carbonyl (C=O) groups excluding carboxylic acids is 3. The van der Waals surface area contributed by atoms with Gasteiger partial charge >= 0.3 is 11.9 Å². The Morgan fingerprint density at radius 1 is 0.848 bits per heavy atom. The second-order valence-corrected chi connectivity index (χ2v) is 9.33. The quantitative estimate of drug-likeness (QED) is 0.182. The number of ether oxygens (including phenoxy) is 2. The highest BCUT2D eigenvalue weighted by molar-refractivity contribution is 5.88. The van der Waals surface area contributed by atoms with Gasteiger partial charge in [-0.05, 0) is 12.8 Å². The normalized spacial score (nSPS) is 16.4. The highest BCUT2D eigenvalue weighted by atomic mass is 16.6. The van der Waals surface area contributed by atoms with Crippen LogP contribution in [0.2, 0.25) is 0 Å². The Morgan fingerprint density at radius 2 is 1.33 bits per heavy atom. The van der Waals surface area contributed by atoms with Crippen molar-refractivity contribution in [3.8, 4) is 0 Å². The monoisotopic (exact) mass is 469 g/mol. The summed E-state index contributed by atoms with van der Waals surface area (Å²) < 4.78 is 10.0. The van der Waals surface area contributed by atoms with Crippen LogP contribution in [0.3, 0.4) is 0 Å². The molecule has 2 atom stereocenters. The number of rotatable bonds is 21. The zero-order valence-electron chi connectivity index (χ0n) is 20.8. The molecular weight excluding hydrogens is 422 g/mol. The van der Waals surface area contributed by atoms with Crippen LogP contribution >= 0.6 is 0 Å². The first-order valence-corrected chi connectivity index (χ1v) is 13.3. The van der Waals surface area contributed by atoms with E-state index < -0.39 is 18.1 Å². The van der Waals surface area contributed by atoms with Crippen LogP contribution in [0.1, 0.15) is 122 Å². The first-order valence-electron chi connectivity index (χ1n) is 13.3. The molecule has 0 saturated carbocycles. The second-order valence-electron chi connectivity index (χ2n) is 9.33. The summed E-state index contributed by atoms with van der Waals surface area (Å²) in [6.45, 7) is 1.81. The number of unbranched alkanes of at least 4 members (excludes halogenated alkanes) is 14. The summed E-state index contributed by atoms with van der Waals surface area (Å²) >= 11 is 0. The van der Waals surface area contributed by atoms with Crippen LogP contribution in [0.5, 0.6) is 0 Å². The van der Waals surface area contributed by atoms with Crippen molar-refractivity contribution < 1.29 is 29.0 Å². The van der Waals surface area contributed by atoms with Crippen molar-refractivity contribution in [2.75, 3.05) is 13.2 Å². The SMILES string of the molecule is CCCCCCCCCCCCCCCCCC(=O)OCC(O)COC(=O)C1CCC(=O)N1. The Morgan fingerprint density at radius 3 is 1.82 bits per heavy atom. The molecule has 7 heteroatoms. The topological polar surface area (TPSA) is 102 Å². The number of carbonyl (C=O) groups is 3. The molecule has 2 N–H and O–H groups in total. The van der Waals surface area contributed by atoms with Crippen LogP contribution in [0.15, 0.2) is 0 Å². The zero-order chi connectivity index (χ0) is 24.2. The second kappa shape index (κ2) is 19.8. The Kier molecular flexibility index (Phi) is 17.6. The first kappa shape index (κ1) is 29.4. The molecular formula is C26H47NO6. The highest BCUT2D eigenvalue weighted by Gasteiger charge is 2.28. The molecule has 1 saturated heterocycles. The van der Waals surface area contributed by atoms with Crippen LogP contribution in [-0.2, 0) is 23.9 Å². The molecule has 192 valence electrons. The van der Waals surface area contributed by atoms with E-state index in [1.54, 1.807) is 0 Å². The molecule has 0 aromatic heterocycles. The molecule has 2 unspecified atom stereocenters. The molecule has 1 aliphatic rings. The summed E-state index contributed by atoms with van der Waals surface area (Å²) in [6.07, 6.45) is 19.1. The third-order valence-corrected chi connectivity index (χ3v) is 6.12. The predicted octanol–water partition coefficient (Wildman–Crippen LogP) is 4.97. The maximum Gasteiger partial charge on any atom is 0.328 e. The van der Waals surface area contributed by atoms with Crippen LogP contribution < -0.4 is 5.32 Å². The van der Waals surface area contributed by atoms with Gasteiger partial charge in [0.05, 0.1) is 0 Å². The number of esters is 2. The van der Waals surface area contributed by atoms with Crippen molar-refractivity contribution in [3.63, 3.8) is 0 Å². The van der Waals surface area contributed by atoms with Gasteiger partial charge in [0.2, 0.25) is 5.91 Å². The minimum Gasteiger partial charge on any atom is -0.463 e. The number of nitrogens with one attached hydrogen (secondary N) is 1. The lowest BCUT2D eigenvalue weighted by atomic mass is 10.0. The largest absolute Gasteiger partial charge is 0.463 e. The smallest absolute Gasteiger partial charge is 0.328 e. The average molecular weight is 470 g/mol. The molecule has 0 aliphatic carbocycles. The molecule has 7 nitrogen and oxygen atoms in total. The van der Waals surface area contributed by atoms with Crippen molar-refractivity contribution in [2.45, 2.75) is 135 Å². The first-order chi connectivity index (χ1) is 16.0. The van der Waals surface area contributed by atoms with Gasteiger partial charge in [-0.3, -0.25) is 9.59 Å². The van der Waals surface area contributed by atoms with Gasteiger partial charge in [0.25, 0.3) is 0 Å². The van der Waals surface area contributed by atoms with Crippen molar-refractivity contribution in [1.29, 1.82) is 0 Å². The standard InChI is InChI=1S/C26H47NO6/c1-2-3-4-5-6-7-8-9-10-11-12-13-14-15-16-17-25(30)32-20-22(28)21-33-26(31)23-18-19-24(29)27-23/h22-23,28H,2-21H2,1H3,(H,27,29). The summed E-state index contributed by atoms with van der Waals surface area (Å²) in [4.78, 5) is 34.6. The molecule has 1 aliphatic heterocycles. The minimum absolute atomic E-state index is 0.176. The van der Waals surface area contributed by atoms with Gasteiger partial charge in [0.15, 0.2) is 0 Å². The maximum absolute atomic E-state index is 11.8. The third-order valence-electron chi connectivity index (χ3n) is 6.12. The number of amides is 1. The van der Waals surface area contributed by atoms with Gasteiger partial charge in [0, 0.05) is 12.8 Å². The highest BCUT2D eigenvalue weighted by Crippen LogP contribution is 2.14. The Hall–Kier alpha value is -1.63. The van der Waals surface area contributed by atoms with Gasteiger partial charge in [-0.1, -0.05) is 96.8 Å². The lowest BCUT2D eigenvalue weighted by Gasteiger charge is -2.14. The minimum atomic E-state index is -1.06. The van der Waals surface area contributed by atoms with Crippen molar-refractivity contribution in [2.24, 2.45) is 0 Å². The number of hydrogen-bond donors (Lipinski definition) is 2. The van der Waals surface area contributed by atoms with E-state index in [-0.39, 0.29) is 25.1 Å². The maximum atomic E-state index is 11.8. The summed E-state index contributed by atoms with van der Waals surface area (Å²) in [6, 6.07) is -0.641. The molecule has 0 radical (unpaired) electrons. The van der Waals surface area contributed by atoms with E-state index in [2.05, 4.69) is 12.2 Å². The van der Waals surface area contributed by atoms with E-state index in [4.69, 9.17) is 9.47 Å². The molecule has 0 spiro atoms. The van der Waals surface area contributed by atoms with E-state index in [0.717, 1.165) is 19.3 Å². The van der Waals surface area contributed by atoms with Gasteiger partial charge in [-0.25, -0.2) is 4.79 Å². The van der Waals surface area contributed by atoms with E-state index in [1.165, 1.54) is 77.0 Å². The van der Waals surface area contributed by atoms with E-state index in [0.29, 0.717) is 19.3 Å². The molecule has 0 aromatic carbocycles. The van der Waals surface area contributed by atoms with Crippen LogP contribution in [-0.4, -0.2) is 48.3 Å². The zero-order valence-corrected chi connectivity index (χ0v) is 20.8. The van der Waals surface area contributed by atoms with Crippen LogP contribution in [0, 0.1) is 0 Å². The van der Waals surface area contributed by atoms with Gasteiger partial charge < -0.3 is 19.9 Å². The molecule has 0 bridgehead atoms. The Balaban J connectivity index is 1.83. The van der Waals surface area contributed by atoms with E-state index in [1.807, 2.05) is 0 Å². The summed E-state index contributed by atoms with van der Waals surface area (Å²) in [7, 11) is 0. The molecule has 1 rings (SSSR count). The van der Waals surface area contributed by atoms with Gasteiger partial charge in [-0.2, -0.15) is 0 Å². The molecule has 1 amide bonds. The number of aliphatic hydroxyl groups excluding tert-OH is 1. The van der Waals surface area contributed by atoms with Crippen molar-refractivity contribution in [1.82, 2.24) is 5.32 Å². The Bertz CT molecular complexity index is 539. The van der Waals surface area contributed by atoms with Crippen molar-refractivity contribution in [3.05, 3.63) is 0 Å². The fourth-order valence-electron chi connectivity index (χ4n) is 4.02. The van der Waals surface area contributed by atoms with Crippen molar-refractivity contribution >= 4 is 17.8 Å². The number of aliphatic hydroxyl groups is 1. The van der Waals surface area contributed by atoms with E-state index in [9.17, 15) is 19.5 Å². The summed E-state index contributed by atoms with van der Waals surface area (Å²) in [5.41, 5.74) is 0. The fourth-order valence-corrected chi connectivity index (χ4v) is 4.02. The summed E-state index contributed by atoms with van der Waals surface area (Å²) in [5.74, 6) is -1.08. The lowest BCUT2D eigenvalue weighted by molar-refractivity contribution is -0.154. The van der Waals surface area contributed by atoms with Crippen LogP contribution in [0.4, 0.5) is 0 Å².